The number of pyridine rings is 2. The first-order valence-electron chi connectivity index (χ1n) is 6.64. The molecule has 2 N–H and O–H groups in total. The molecular weight excluding hydrogens is 236 g/mol. The Labute approximate surface area is 113 Å². The van der Waals surface area contributed by atoms with Crippen molar-refractivity contribution in [1.29, 1.82) is 0 Å². The lowest BCUT2D eigenvalue weighted by Crippen LogP contribution is -2.24. The third-order valence-electron chi connectivity index (χ3n) is 3.69. The van der Waals surface area contributed by atoms with Gasteiger partial charge in [0.1, 0.15) is 5.82 Å². The molecule has 2 aromatic rings. The zero-order valence-corrected chi connectivity index (χ0v) is 11.1. The minimum atomic E-state index is 0.401. The highest BCUT2D eigenvalue weighted by Crippen LogP contribution is 2.36. The first-order chi connectivity index (χ1) is 9.25. The van der Waals surface area contributed by atoms with Gasteiger partial charge in [-0.15, -0.1) is 0 Å². The molecule has 1 aliphatic rings. The van der Waals surface area contributed by atoms with Crippen molar-refractivity contribution in [3.05, 3.63) is 47.9 Å². The van der Waals surface area contributed by atoms with Crippen LogP contribution in [0.5, 0.6) is 0 Å². The van der Waals surface area contributed by atoms with Crippen LogP contribution in [0, 0.1) is 6.92 Å². The van der Waals surface area contributed by atoms with Crippen LogP contribution >= 0.6 is 0 Å². The van der Waals surface area contributed by atoms with Crippen molar-refractivity contribution in [1.82, 2.24) is 9.97 Å². The second kappa shape index (κ2) is 4.88. The molecule has 0 aromatic carbocycles. The second-order valence-electron chi connectivity index (χ2n) is 5.04. The molecule has 4 nitrogen and oxygen atoms in total. The van der Waals surface area contributed by atoms with Gasteiger partial charge in [-0.1, -0.05) is 0 Å². The second-order valence-corrected chi connectivity index (χ2v) is 5.04. The minimum Gasteiger partial charge on any atom is -0.397 e. The highest BCUT2D eigenvalue weighted by molar-refractivity contribution is 5.54. The maximum atomic E-state index is 5.78. The molecule has 0 radical (unpaired) electrons. The van der Waals surface area contributed by atoms with Crippen LogP contribution in [0.25, 0.3) is 0 Å². The number of aryl methyl sites for hydroxylation is 1. The van der Waals surface area contributed by atoms with Crippen LogP contribution < -0.4 is 10.6 Å². The van der Waals surface area contributed by atoms with Crippen LogP contribution in [0.2, 0.25) is 0 Å². The fraction of sp³-hybridized carbons (Fsp3) is 0.333. The smallest absolute Gasteiger partial charge is 0.132 e. The summed E-state index contributed by atoms with van der Waals surface area (Å²) in [6, 6.07) is 6.58. The summed E-state index contributed by atoms with van der Waals surface area (Å²) >= 11 is 0. The molecule has 0 bridgehead atoms. The van der Waals surface area contributed by atoms with E-state index in [1.807, 2.05) is 18.5 Å². The Bertz CT molecular complexity index is 568. The van der Waals surface area contributed by atoms with Gasteiger partial charge < -0.3 is 10.6 Å². The molecule has 1 saturated heterocycles. The minimum absolute atomic E-state index is 0.401. The maximum Gasteiger partial charge on any atom is 0.132 e. The van der Waals surface area contributed by atoms with E-state index in [2.05, 4.69) is 33.9 Å². The molecule has 0 spiro atoms. The van der Waals surface area contributed by atoms with E-state index in [1.54, 1.807) is 6.20 Å². The fourth-order valence-corrected chi connectivity index (χ4v) is 2.84. The van der Waals surface area contributed by atoms with Gasteiger partial charge in [0.15, 0.2) is 0 Å². The van der Waals surface area contributed by atoms with Crippen LogP contribution in [0.15, 0.2) is 36.8 Å². The molecule has 2 aromatic heterocycles. The van der Waals surface area contributed by atoms with E-state index in [-0.39, 0.29) is 0 Å². The molecule has 1 fully saturated rings. The topological polar surface area (TPSA) is 55.0 Å². The third kappa shape index (κ3) is 2.26. The van der Waals surface area contributed by atoms with E-state index in [0.717, 1.165) is 30.0 Å². The van der Waals surface area contributed by atoms with Gasteiger partial charge in [-0.25, -0.2) is 4.98 Å². The van der Waals surface area contributed by atoms with Crippen molar-refractivity contribution in [2.45, 2.75) is 25.8 Å². The van der Waals surface area contributed by atoms with Crippen LogP contribution in [-0.2, 0) is 0 Å². The molecule has 1 unspecified atom stereocenters. The molecule has 0 amide bonds. The molecule has 1 aliphatic heterocycles. The molecule has 0 aliphatic carbocycles. The number of aromatic nitrogens is 2. The summed E-state index contributed by atoms with van der Waals surface area (Å²) in [6.45, 7) is 3.12. The molecule has 19 heavy (non-hydrogen) atoms. The zero-order chi connectivity index (χ0) is 13.2. The predicted octanol–water partition coefficient (Wildman–Crippen LogP) is 2.71. The number of nitrogen functional groups attached to an aromatic ring is 1. The van der Waals surface area contributed by atoms with Gasteiger partial charge in [-0.2, -0.15) is 0 Å². The van der Waals surface area contributed by atoms with E-state index in [0.29, 0.717) is 6.04 Å². The number of hydrogen-bond acceptors (Lipinski definition) is 4. The summed E-state index contributed by atoms with van der Waals surface area (Å²) in [5, 5.41) is 0. The van der Waals surface area contributed by atoms with Crippen LogP contribution in [0.1, 0.15) is 30.0 Å². The standard InChI is InChI=1S/C15H18N4/c1-11-9-13(16)10-18-15(11)19-8-2-3-14(19)12-4-6-17-7-5-12/h4-7,9-10,14H,2-3,8,16H2,1H3. The lowest BCUT2D eigenvalue weighted by atomic mass is 10.1. The highest BCUT2D eigenvalue weighted by atomic mass is 15.2. The van der Waals surface area contributed by atoms with Crippen LogP contribution in [0.4, 0.5) is 11.5 Å². The van der Waals surface area contributed by atoms with Gasteiger partial charge in [0.25, 0.3) is 0 Å². The van der Waals surface area contributed by atoms with Gasteiger partial charge in [0.05, 0.1) is 17.9 Å². The molecule has 3 heterocycles. The monoisotopic (exact) mass is 254 g/mol. The summed E-state index contributed by atoms with van der Waals surface area (Å²) in [5.74, 6) is 1.05. The average molecular weight is 254 g/mol. The van der Waals surface area contributed by atoms with Crippen molar-refractivity contribution in [3.8, 4) is 0 Å². The Kier molecular flexibility index (Phi) is 3.07. The highest BCUT2D eigenvalue weighted by Gasteiger charge is 2.27. The van der Waals surface area contributed by atoms with E-state index >= 15 is 0 Å². The summed E-state index contributed by atoms with van der Waals surface area (Å²) in [7, 11) is 0. The average Bonchev–Trinajstić information content (AvgIpc) is 2.89. The fourth-order valence-electron chi connectivity index (χ4n) is 2.84. The summed E-state index contributed by atoms with van der Waals surface area (Å²) < 4.78 is 0. The first kappa shape index (κ1) is 12.0. The molecule has 98 valence electrons. The quantitative estimate of drug-likeness (QED) is 0.895. The largest absolute Gasteiger partial charge is 0.397 e. The third-order valence-corrected chi connectivity index (χ3v) is 3.69. The Morgan fingerprint density at radius 2 is 2.11 bits per heavy atom. The van der Waals surface area contributed by atoms with Gasteiger partial charge >= 0.3 is 0 Å². The predicted molar refractivity (Wildman–Crippen MR) is 76.9 cm³/mol. The van der Waals surface area contributed by atoms with Gasteiger partial charge in [-0.05, 0) is 49.1 Å². The van der Waals surface area contributed by atoms with Crippen molar-refractivity contribution in [3.63, 3.8) is 0 Å². The summed E-state index contributed by atoms with van der Waals surface area (Å²) in [5.41, 5.74) is 8.96. The molecule has 0 saturated carbocycles. The van der Waals surface area contributed by atoms with Gasteiger partial charge in [-0.3, -0.25) is 4.98 Å². The van der Waals surface area contributed by atoms with Crippen LogP contribution in [0.3, 0.4) is 0 Å². The number of hydrogen-bond donors (Lipinski definition) is 1. The normalized spacial score (nSPS) is 18.8. The Hall–Kier alpha value is -2.10. The van der Waals surface area contributed by atoms with Gasteiger partial charge in [0.2, 0.25) is 0 Å². The number of anilines is 2. The molecule has 1 atom stereocenters. The van der Waals surface area contributed by atoms with Crippen molar-refractivity contribution in [2.24, 2.45) is 0 Å². The van der Waals surface area contributed by atoms with Crippen LogP contribution in [-0.4, -0.2) is 16.5 Å². The van der Waals surface area contributed by atoms with Gasteiger partial charge in [0, 0.05) is 18.9 Å². The number of nitrogens with zero attached hydrogens (tertiary/aromatic N) is 3. The van der Waals surface area contributed by atoms with E-state index < -0.39 is 0 Å². The SMILES string of the molecule is Cc1cc(N)cnc1N1CCCC1c1ccncc1. The summed E-state index contributed by atoms with van der Waals surface area (Å²) in [6.07, 6.45) is 7.81. The Morgan fingerprint density at radius 1 is 1.32 bits per heavy atom. The molecule has 4 heteroatoms. The Balaban J connectivity index is 1.95. The lowest BCUT2D eigenvalue weighted by molar-refractivity contribution is 0.708. The lowest BCUT2D eigenvalue weighted by Gasteiger charge is -2.27. The van der Waals surface area contributed by atoms with Crippen molar-refractivity contribution in [2.75, 3.05) is 17.2 Å². The van der Waals surface area contributed by atoms with E-state index in [9.17, 15) is 0 Å². The maximum absolute atomic E-state index is 5.78. The molecule has 3 rings (SSSR count). The van der Waals surface area contributed by atoms with E-state index in [1.165, 1.54) is 12.0 Å². The van der Waals surface area contributed by atoms with Crippen molar-refractivity contribution < 1.29 is 0 Å². The van der Waals surface area contributed by atoms with Crippen molar-refractivity contribution >= 4 is 11.5 Å². The van der Waals surface area contributed by atoms with E-state index in [4.69, 9.17) is 5.73 Å². The number of rotatable bonds is 2. The number of nitrogens with two attached hydrogens (primary N) is 1. The summed E-state index contributed by atoms with van der Waals surface area (Å²) in [4.78, 5) is 11.0. The Morgan fingerprint density at radius 3 is 2.84 bits per heavy atom. The zero-order valence-electron chi connectivity index (χ0n) is 11.1. The first-order valence-corrected chi connectivity index (χ1v) is 6.64. The molecular formula is C15H18N4.